The van der Waals surface area contributed by atoms with E-state index in [1.54, 1.807) is 11.3 Å². The van der Waals surface area contributed by atoms with E-state index in [4.69, 9.17) is 11.6 Å². The van der Waals surface area contributed by atoms with Gasteiger partial charge in [-0.2, -0.15) is 0 Å². The van der Waals surface area contributed by atoms with Crippen LogP contribution >= 0.6 is 22.9 Å². The van der Waals surface area contributed by atoms with Crippen LogP contribution in [0.1, 0.15) is 30.6 Å². The average molecular weight is 297 g/mol. The maximum atomic E-state index is 5.96. The van der Waals surface area contributed by atoms with Gasteiger partial charge in [0, 0.05) is 24.4 Å². The molecule has 19 heavy (non-hydrogen) atoms. The molecule has 2 N–H and O–H groups in total. The maximum absolute atomic E-state index is 5.96. The number of hydrogen-bond acceptors (Lipinski definition) is 5. The lowest BCUT2D eigenvalue weighted by Gasteiger charge is -2.14. The summed E-state index contributed by atoms with van der Waals surface area (Å²) in [5, 5.41) is 6.43. The molecule has 2 rings (SSSR count). The van der Waals surface area contributed by atoms with Gasteiger partial charge in [-0.1, -0.05) is 18.5 Å². The minimum absolute atomic E-state index is 0.168. The monoisotopic (exact) mass is 296 g/mol. The molecule has 0 aliphatic heterocycles. The topological polar surface area (TPSA) is 49.8 Å². The highest BCUT2D eigenvalue weighted by atomic mass is 35.5. The first kappa shape index (κ1) is 14.1. The van der Waals surface area contributed by atoms with Crippen LogP contribution in [-0.4, -0.2) is 17.0 Å². The molecule has 2 aromatic rings. The summed E-state index contributed by atoms with van der Waals surface area (Å²) in [5.41, 5.74) is 0. The van der Waals surface area contributed by atoms with Crippen LogP contribution in [-0.2, 0) is 6.42 Å². The second-order valence-electron chi connectivity index (χ2n) is 4.17. The lowest BCUT2D eigenvalue weighted by molar-refractivity contribution is 0.873. The number of thiophene rings is 1. The Labute approximate surface area is 122 Å². The van der Waals surface area contributed by atoms with Crippen LogP contribution in [0.3, 0.4) is 0 Å². The Morgan fingerprint density at radius 3 is 2.63 bits per heavy atom. The largest absolute Gasteiger partial charge is 0.373 e. The van der Waals surface area contributed by atoms with Gasteiger partial charge in [-0.3, -0.25) is 0 Å². The van der Waals surface area contributed by atoms with E-state index in [2.05, 4.69) is 27.5 Å². The van der Waals surface area contributed by atoms with E-state index in [1.807, 2.05) is 32.2 Å². The van der Waals surface area contributed by atoms with Crippen LogP contribution in [0.15, 0.2) is 18.2 Å². The van der Waals surface area contributed by atoms with E-state index in [1.165, 1.54) is 4.88 Å². The first-order chi connectivity index (χ1) is 9.12. The zero-order chi connectivity index (χ0) is 13.8. The highest BCUT2D eigenvalue weighted by Crippen LogP contribution is 2.28. The van der Waals surface area contributed by atoms with Crippen molar-refractivity contribution in [2.45, 2.75) is 26.3 Å². The van der Waals surface area contributed by atoms with Gasteiger partial charge in [-0.25, -0.2) is 9.97 Å². The summed E-state index contributed by atoms with van der Waals surface area (Å²) in [4.78, 5) is 10.0. The minimum Gasteiger partial charge on any atom is -0.373 e. The first-order valence-corrected chi connectivity index (χ1v) is 7.39. The minimum atomic E-state index is 0.168. The fraction of sp³-hybridized carbons (Fsp3) is 0.385. The number of anilines is 2. The third-order valence-corrected chi connectivity index (χ3v) is 4.14. The Morgan fingerprint density at radius 2 is 2.05 bits per heavy atom. The summed E-state index contributed by atoms with van der Waals surface area (Å²) in [6.45, 7) is 4.13. The molecular formula is C13H17ClN4S. The lowest BCUT2D eigenvalue weighted by Crippen LogP contribution is -2.09. The summed E-state index contributed by atoms with van der Waals surface area (Å²) < 4.78 is 0.802. The molecule has 0 saturated heterocycles. The zero-order valence-electron chi connectivity index (χ0n) is 11.2. The van der Waals surface area contributed by atoms with Gasteiger partial charge in [0.2, 0.25) is 0 Å². The van der Waals surface area contributed by atoms with E-state index in [-0.39, 0.29) is 6.04 Å². The van der Waals surface area contributed by atoms with Gasteiger partial charge >= 0.3 is 0 Å². The summed E-state index contributed by atoms with van der Waals surface area (Å²) in [5.74, 6) is 2.48. The van der Waals surface area contributed by atoms with Gasteiger partial charge in [0.05, 0.1) is 10.4 Å². The van der Waals surface area contributed by atoms with Gasteiger partial charge in [0.25, 0.3) is 0 Å². The van der Waals surface area contributed by atoms with Crippen molar-refractivity contribution in [2.75, 3.05) is 17.7 Å². The number of nitrogens with zero attached hydrogens (tertiary/aromatic N) is 2. The van der Waals surface area contributed by atoms with Gasteiger partial charge in [0.15, 0.2) is 0 Å². The number of halogens is 1. The predicted molar refractivity (Wildman–Crippen MR) is 82.3 cm³/mol. The van der Waals surface area contributed by atoms with E-state index in [0.29, 0.717) is 0 Å². The van der Waals surface area contributed by atoms with Crippen LogP contribution in [0, 0.1) is 0 Å². The summed E-state index contributed by atoms with van der Waals surface area (Å²) in [7, 11) is 1.86. The number of nitrogens with one attached hydrogen (secondary N) is 2. The van der Waals surface area contributed by atoms with E-state index < -0.39 is 0 Å². The normalized spacial score (nSPS) is 12.2. The van der Waals surface area contributed by atoms with Crippen LogP contribution in [0.25, 0.3) is 0 Å². The Bertz CT molecular complexity index is 533. The predicted octanol–water partition coefficient (Wildman–Crippen LogP) is 3.97. The smallest absolute Gasteiger partial charge is 0.132 e. The van der Waals surface area contributed by atoms with Crippen LogP contribution in [0.4, 0.5) is 11.6 Å². The fourth-order valence-corrected chi connectivity index (χ4v) is 2.77. The Morgan fingerprint density at radius 1 is 1.32 bits per heavy atom. The van der Waals surface area contributed by atoms with E-state index >= 15 is 0 Å². The SMILES string of the molecule is CCc1nc(NC)cc(NC(C)c2ccc(Cl)s2)n1. The van der Waals surface area contributed by atoms with Crippen molar-refractivity contribution in [3.63, 3.8) is 0 Å². The molecule has 4 nitrogen and oxygen atoms in total. The molecule has 0 fully saturated rings. The van der Waals surface area contributed by atoms with Gasteiger partial charge < -0.3 is 10.6 Å². The molecule has 0 bridgehead atoms. The van der Waals surface area contributed by atoms with Gasteiger partial charge in [-0.15, -0.1) is 11.3 Å². The third kappa shape index (κ3) is 3.58. The van der Waals surface area contributed by atoms with Crippen LogP contribution in [0.2, 0.25) is 4.34 Å². The number of rotatable bonds is 5. The molecule has 0 aliphatic carbocycles. The molecule has 2 aromatic heterocycles. The zero-order valence-corrected chi connectivity index (χ0v) is 12.8. The van der Waals surface area contributed by atoms with Crippen molar-refractivity contribution in [1.29, 1.82) is 0 Å². The molecule has 0 saturated carbocycles. The van der Waals surface area contributed by atoms with Gasteiger partial charge in [-0.05, 0) is 19.1 Å². The molecule has 1 atom stereocenters. The second-order valence-corrected chi connectivity index (χ2v) is 5.91. The molecule has 0 amide bonds. The Hall–Kier alpha value is -1.33. The summed E-state index contributed by atoms with van der Waals surface area (Å²) in [6, 6.07) is 6.02. The molecule has 0 aromatic carbocycles. The molecule has 0 radical (unpaired) electrons. The standard InChI is InChI=1S/C13H17ClN4S/c1-4-11-17-12(15-3)7-13(18-11)16-8(2)9-5-6-10(14)19-9/h5-8H,4H2,1-3H3,(H2,15,16,17,18). The summed E-state index contributed by atoms with van der Waals surface area (Å²) >= 11 is 7.54. The third-order valence-electron chi connectivity index (χ3n) is 2.73. The fourth-order valence-electron chi connectivity index (χ4n) is 1.71. The molecule has 0 spiro atoms. The quantitative estimate of drug-likeness (QED) is 0.876. The molecule has 1 unspecified atom stereocenters. The van der Waals surface area contributed by atoms with Crippen molar-refractivity contribution in [1.82, 2.24) is 9.97 Å². The van der Waals surface area contributed by atoms with Crippen molar-refractivity contribution in [3.05, 3.63) is 33.2 Å². The maximum Gasteiger partial charge on any atom is 0.132 e. The molecule has 2 heterocycles. The van der Waals surface area contributed by atoms with Gasteiger partial charge in [0.1, 0.15) is 17.5 Å². The first-order valence-electron chi connectivity index (χ1n) is 6.20. The van der Waals surface area contributed by atoms with Crippen LogP contribution in [0.5, 0.6) is 0 Å². The number of aryl methyl sites for hydroxylation is 1. The molecule has 102 valence electrons. The summed E-state index contributed by atoms with van der Waals surface area (Å²) in [6.07, 6.45) is 0.809. The molecule has 0 aliphatic rings. The highest BCUT2D eigenvalue weighted by Gasteiger charge is 2.10. The number of hydrogen-bond donors (Lipinski definition) is 2. The van der Waals surface area contributed by atoms with Crippen molar-refractivity contribution < 1.29 is 0 Å². The van der Waals surface area contributed by atoms with Crippen molar-refractivity contribution in [3.8, 4) is 0 Å². The second kappa shape index (κ2) is 6.21. The average Bonchev–Trinajstić information content (AvgIpc) is 2.85. The van der Waals surface area contributed by atoms with E-state index in [0.717, 1.165) is 28.2 Å². The Kier molecular flexibility index (Phi) is 4.61. The highest BCUT2D eigenvalue weighted by molar-refractivity contribution is 7.16. The lowest BCUT2D eigenvalue weighted by atomic mass is 10.3. The van der Waals surface area contributed by atoms with Crippen molar-refractivity contribution >= 4 is 34.6 Å². The molecule has 6 heteroatoms. The van der Waals surface area contributed by atoms with Crippen molar-refractivity contribution in [2.24, 2.45) is 0 Å². The Balaban J connectivity index is 2.18. The molecular weight excluding hydrogens is 280 g/mol. The van der Waals surface area contributed by atoms with E-state index in [9.17, 15) is 0 Å². The number of aromatic nitrogens is 2. The van der Waals surface area contributed by atoms with Crippen LogP contribution < -0.4 is 10.6 Å².